The Morgan fingerprint density at radius 1 is 1.09 bits per heavy atom. The molecule has 35 heavy (non-hydrogen) atoms. The topological polar surface area (TPSA) is 71.3 Å². The normalized spacial score (nSPS) is 11.1. The van der Waals surface area contributed by atoms with Crippen LogP contribution in [0.4, 0.5) is 5.69 Å². The summed E-state index contributed by atoms with van der Waals surface area (Å²) in [7, 11) is 1.51. The molecule has 0 fully saturated rings. The molecule has 174 valence electrons. The summed E-state index contributed by atoms with van der Waals surface area (Å²) in [6.07, 6.45) is 1.45. The summed E-state index contributed by atoms with van der Waals surface area (Å²) in [6.45, 7) is 0.297. The molecule has 0 aliphatic heterocycles. The molecule has 0 spiro atoms. The Bertz CT molecular complexity index is 1470. The number of ether oxygens (including phenoxy) is 2. The van der Waals surface area contributed by atoms with Gasteiger partial charge in [0.2, 0.25) is 0 Å². The maximum atomic E-state index is 12.6. The largest absolute Gasteiger partial charge is 0.493 e. The second-order valence-electron chi connectivity index (χ2n) is 7.60. The van der Waals surface area contributed by atoms with Crippen LogP contribution in [-0.2, 0) is 11.4 Å². The Morgan fingerprint density at radius 3 is 2.63 bits per heavy atom. The summed E-state index contributed by atoms with van der Waals surface area (Å²) >= 11 is 9.89. The van der Waals surface area contributed by atoms with Crippen LogP contribution in [0.5, 0.6) is 11.5 Å². The number of hydrogen-bond acceptors (Lipinski definition) is 4. The number of nitrogens with one attached hydrogen (secondary N) is 1. The Morgan fingerprint density at radius 2 is 1.86 bits per heavy atom. The third kappa shape index (κ3) is 5.83. The van der Waals surface area contributed by atoms with Crippen LogP contribution >= 0.6 is 27.5 Å². The van der Waals surface area contributed by atoms with Gasteiger partial charge in [0.15, 0.2) is 11.5 Å². The molecule has 1 N–H and O–H groups in total. The average Bonchev–Trinajstić information content (AvgIpc) is 2.86. The molecule has 4 rings (SSSR count). The van der Waals surface area contributed by atoms with Crippen molar-refractivity contribution in [3.05, 3.63) is 105 Å². The van der Waals surface area contributed by atoms with Gasteiger partial charge in [0, 0.05) is 10.2 Å². The number of anilines is 1. The lowest BCUT2D eigenvalue weighted by Gasteiger charge is -2.14. The van der Waals surface area contributed by atoms with E-state index in [0.29, 0.717) is 34.4 Å². The molecule has 1 amide bonds. The zero-order chi connectivity index (χ0) is 24.8. The van der Waals surface area contributed by atoms with Crippen molar-refractivity contribution in [2.24, 2.45) is 0 Å². The highest BCUT2D eigenvalue weighted by molar-refractivity contribution is 9.10. The Kier molecular flexibility index (Phi) is 7.71. The van der Waals surface area contributed by atoms with Gasteiger partial charge >= 0.3 is 0 Å². The van der Waals surface area contributed by atoms with Crippen LogP contribution in [0.3, 0.4) is 0 Å². The molecule has 0 atom stereocenters. The standard InChI is InChI=1S/C28H20BrClN2O3/c1-34-26-14-18(12-21(16-31)28(33)32-23-10-5-9-22(29)15-23)13-25(30)27(26)35-17-20-8-4-7-19-6-2-3-11-24(19)20/h2-15H,17H2,1H3,(H,32,33)/b21-12-. The molecule has 0 saturated carbocycles. The fraction of sp³-hybridized carbons (Fsp3) is 0.0714. The summed E-state index contributed by atoms with van der Waals surface area (Å²) in [4.78, 5) is 12.6. The summed E-state index contributed by atoms with van der Waals surface area (Å²) in [5.74, 6) is 0.252. The first-order valence-electron chi connectivity index (χ1n) is 10.6. The van der Waals surface area contributed by atoms with Gasteiger partial charge in [0.1, 0.15) is 18.2 Å². The average molecular weight is 548 g/mol. The molecule has 0 aromatic heterocycles. The van der Waals surface area contributed by atoms with Gasteiger partial charge in [-0.3, -0.25) is 4.79 Å². The number of carbonyl (C=O) groups excluding carboxylic acids is 1. The van der Waals surface area contributed by atoms with Gasteiger partial charge < -0.3 is 14.8 Å². The van der Waals surface area contributed by atoms with E-state index in [2.05, 4.69) is 21.2 Å². The summed E-state index contributed by atoms with van der Waals surface area (Å²) < 4.78 is 12.4. The van der Waals surface area contributed by atoms with E-state index in [1.807, 2.05) is 54.6 Å². The Labute approximate surface area is 216 Å². The highest BCUT2D eigenvalue weighted by atomic mass is 79.9. The highest BCUT2D eigenvalue weighted by Gasteiger charge is 2.15. The van der Waals surface area contributed by atoms with Gasteiger partial charge in [-0.25, -0.2) is 0 Å². The lowest BCUT2D eigenvalue weighted by Crippen LogP contribution is -2.13. The Balaban J connectivity index is 1.57. The fourth-order valence-corrected chi connectivity index (χ4v) is 4.28. The van der Waals surface area contributed by atoms with Crippen LogP contribution in [0, 0.1) is 11.3 Å². The second-order valence-corrected chi connectivity index (χ2v) is 8.92. The minimum Gasteiger partial charge on any atom is -0.493 e. The minimum atomic E-state index is -0.531. The molecular weight excluding hydrogens is 528 g/mol. The van der Waals surface area contributed by atoms with E-state index in [-0.39, 0.29) is 5.57 Å². The molecule has 4 aromatic carbocycles. The second kappa shape index (κ2) is 11.1. The van der Waals surface area contributed by atoms with Crippen molar-refractivity contribution < 1.29 is 14.3 Å². The zero-order valence-electron chi connectivity index (χ0n) is 18.7. The lowest BCUT2D eigenvalue weighted by atomic mass is 10.1. The lowest BCUT2D eigenvalue weighted by molar-refractivity contribution is -0.112. The molecular formula is C28H20BrClN2O3. The van der Waals surface area contributed by atoms with E-state index in [4.69, 9.17) is 21.1 Å². The molecule has 5 nitrogen and oxygen atoms in total. The molecule has 0 unspecified atom stereocenters. The van der Waals surface area contributed by atoms with Gasteiger partial charge in [-0.1, -0.05) is 76.1 Å². The van der Waals surface area contributed by atoms with Crippen LogP contribution in [0.1, 0.15) is 11.1 Å². The highest BCUT2D eigenvalue weighted by Crippen LogP contribution is 2.38. The fourth-order valence-electron chi connectivity index (χ4n) is 3.61. The van der Waals surface area contributed by atoms with Crippen LogP contribution in [0.25, 0.3) is 16.8 Å². The number of methoxy groups -OCH3 is 1. The van der Waals surface area contributed by atoms with E-state index >= 15 is 0 Å². The quantitative estimate of drug-likeness (QED) is 0.193. The van der Waals surface area contributed by atoms with E-state index < -0.39 is 5.91 Å². The van der Waals surface area contributed by atoms with Gasteiger partial charge in [-0.15, -0.1) is 0 Å². The maximum Gasteiger partial charge on any atom is 0.266 e. The first-order chi connectivity index (χ1) is 17.0. The van der Waals surface area contributed by atoms with Crippen molar-refractivity contribution in [1.29, 1.82) is 5.26 Å². The number of nitriles is 1. The van der Waals surface area contributed by atoms with Crippen molar-refractivity contribution in [2.45, 2.75) is 6.61 Å². The molecule has 0 aliphatic carbocycles. The van der Waals surface area contributed by atoms with Crippen LogP contribution in [0.2, 0.25) is 5.02 Å². The molecule has 4 aromatic rings. The third-order valence-corrected chi connectivity index (χ3v) is 6.04. The first-order valence-corrected chi connectivity index (χ1v) is 11.8. The number of rotatable bonds is 7. The van der Waals surface area contributed by atoms with Gasteiger partial charge in [0.05, 0.1) is 12.1 Å². The van der Waals surface area contributed by atoms with Gasteiger partial charge in [-0.05, 0) is 58.3 Å². The van der Waals surface area contributed by atoms with Crippen molar-refractivity contribution in [3.63, 3.8) is 0 Å². The van der Waals surface area contributed by atoms with E-state index in [9.17, 15) is 10.1 Å². The first kappa shape index (κ1) is 24.3. The van der Waals surface area contributed by atoms with Crippen LogP contribution < -0.4 is 14.8 Å². The molecule has 0 bridgehead atoms. The van der Waals surface area contributed by atoms with E-state index in [1.54, 1.807) is 30.3 Å². The van der Waals surface area contributed by atoms with Gasteiger partial charge in [0.25, 0.3) is 5.91 Å². The monoisotopic (exact) mass is 546 g/mol. The van der Waals surface area contributed by atoms with E-state index in [1.165, 1.54) is 13.2 Å². The van der Waals surface area contributed by atoms with E-state index in [0.717, 1.165) is 20.8 Å². The van der Waals surface area contributed by atoms with Crippen molar-refractivity contribution >= 4 is 56.0 Å². The zero-order valence-corrected chi connectivity index (χ0v) is 21.1. The van der Waals surface area contributed by atoms with Crippen molar-refractivity contribution in [1.82, 2.24) is 0 Å². The number of nitrogens with zero attached hydrogens (tertiary/aromatic N) is 1. The maximum absolute atomic E-state index is 12.6. The van der Waals surface area contributed by atoms with Crippen LogP contribution in [-0.4, -0.2) is 13.0 Å². The molecule has 0 aliphatic rings. The number of carbonyl (C=O) groups is 1. The van der Waals surface area contributed by atoms with Crippen molar-refractivity contribution in [2.75, 3.05) is 12.4 Å². The number of benzene rings is 4. The Hall–Kier alpha value is -3.79. The molecule has 7 heteroatoms. The summed E-state index contributed by atoms with van der Waals surface area (Å²) in [5, 5.41) is 14.8. The minimum absolute atomic E-state index is 0.0764. The SMILES string of the molecule is COc1cc(/C=C(/C#N)C(=O)Nc2cccc(Br)c2)cc(Cl)c1OCc1cccc2ccccc12. The summed E-state index contributed by atoms with van der Waals surface area (Å²) in [6, 6.07) is 26.5. The number of halogens is 2. The number of hydrogen-bond donors (Lipinski definition) is 1. The third-order valence-electron chi connectivity index (χ3n) is 5.26. The van der Waals surface area contributed by atoms with Crippen molar-refractivity contribution in [3.8, 4) is 17.6 Å². The molecule has 0 heterocycles. The van der Waals surface area contributed by atoms with Gasteiger partial charge in [-0.2, -0.15) is 5.26 Å². The molecule has 0 saturated heterocycles. The molecule has 0 radical (unpaired) electrons. The number of amides is 1. The van der Waals surface area contributed by atoms with Crippen LogP contribution in [0.15, 0.2) is 88.9 Å². The number of fused-ring (bicyclic) bond motifs is 1. The summed E-state index contributed by atoms with van der Waals surface area (Å²) in [5.41, 5.74) is 2.04. The predicted molar refractivity (Wildman–Crippen MR) is 143 cm³/mol. The smallest absolute Gasteiger partial charge is 0.266 e. The predicted octanol–water partition coefficient (Wildman–Crippen LogP) is 7.39.